The molecule has 0 aromatic heterocycles. The molecule has 0 spiro atoms. The smallest absolute Gasteiger partial charge is 0.328 e. The molecule has 0 heterocycles. The van der Waals surface area contributed by atoms with Gasteiger partial charge in [-0.3, -0.25) is 9.59 Å². The average Bonchev–Trinajstić information content (AvgIpc) is 2.83. The Labute approximate surface area is 216 Å². The van der Waals surface area contributed by atoms with Gasteiger partial charge in [0.1, 0.15) is 11.6 Å². The van der Waals surface area contributed by atoms with E-state index < -0.39 is 29.8 Å². The highest BCUT2D eigenvalue weighted by Crippen LogP contribution is 2.22. The maximum absolute atomic E-state index is 12.5. The first kappa shape index (κ1) is 26.5. The number of anilines is 1. The van der Waals surface area contributed by atoms with Crippen LogP contribution in [0, 0.1) is 11.6 Å². The van der Waals surface area contributed by atoms with Crippen molar-refractivity contribution in [2.45, 2.75) is 12.5 Å². The van der Waals surface area contributed by atoms with Crippen LogP contribution < -0.4 is 10.6 Å². The number of hydrogen-bond donors (Lipinski definition) is 4. The lowest BCUT2D eigenvalue weighted by molar-refractivity contribution is -0.289. The number of carbonyl (C=O) groups is 4. The predicted molar refractivity (Wildman–Crippen MR) is 132 cm³/mol. The van der Waals surface area contributed by atoms with Crippen molar-refractivity contribution in [1.82, 2.24) is 5.32 Å². The third kappa shape index (κ3) is 7.18. The minimum absolute atomic E-state index is 0.00948. The zero-order valence-electron chi connectivity index (χ0n) is 18.6. The first-order valence-electron chi connectivity index (χ1n) is 10.5. The molecule has 36 heavy (non-hydrogen) atoms. The van der Waals surface area contributed by atoms with Gasteiger partial charge in [0.05, 0.1) is 5.02 Å². The van der Waals surface area contributed by atoms with E-state index in [-0.39, 0.29) is 22.6 Å². The lowest BCUT2D eigenvalue weighted by Gasteiger charge is -2.15. The van der Waals surface area contributed by atoms with Gasteiger partial charge in [0.25, 0.3) is 11.8 Å². The van der Waals surface area contributed by atoms with Crippen molar-refractivity contribution in [3.63, 3.8) is 0 Å². The summed E-state index contributed by atoms with van der Waals surface area (Å²) in [4.78, 5) is 47.4. The van der Waals surface area contributed by atoms with Crippen molar-refractivity contribution in [1.29, 1.82) is 0 Å². The molecule has 8 nitrogen and oxygen atoms in total. The molecule has 3 aromatic carbocycles. The van der Waals surface area contributed by atoms with Crippen molar-refractivity contribution in [2.75, 3.05) is 5.32 Å². The Hall–Kier alpha value is -4.14. The van der Waals surface area contributed by atoms with E-state index in [0.29, 0.717) is 21.8 Å². The van der Waals surface area contributed by atoms with Crippen molar-refractivity contribution < 1.29 is 41.0 Å². The Kier molecular flexibility index (Phi) is 8.83. The largest absolute Gasteiger partial charge is 0.480 e. The molecule has 0 saturated heterocycles. The van der Waals surface area contributed by atoms with Crippen LogP contribution in [0.3, 0.4) is 0 Å². The van der Waals surface area contributed by atoms with Gasteiger partial charge in [0.15, 0.2) is 11.6 Å². The average molecular weight is 528 g/mol. The fourth-order valence-corrected chi connectivity index (χ4v) is 3.83. The highest BCUT2D eigenvalue weighted by atomic mass is 35.5. The summed E-state index contributed by atoms with van der Waals surface area (Å²) < 4.78 is 0. The van der Waals surface area contributed by atoms with Crippen molar-refractivity contribution in [3.05, 3.63) is 105 Å². The zero-order chi connectivity index (χ0) is 26.2. The quantitative estimate of drug-likeness (QED) is 0.312. The normalized spacial score (nSPS) is 11.6. The number of carboxylic acids is 2. The number of carboxylic acid groups (broad SMARTS) is 2. The number of carbonyl (C=O) groups excluding carboxylic acids is 2. The van der Waals surface area contributed by atoms with Crippen LogP contribution in [0.4, 0.5) is 5.69 Å². The first-order chi connectivity index (χ1) is 17.1. The standard InChI is InChI=1S/C26H20Cl2N2O6/c27-19-2-1-3-20(28)23(19)25(34)29-18-11-6-16(7-12-18)14-21(26(35)36)30-24(33)17-9-4-15(5-10-17)8-13-22(31)32/h1-13,21,27H,14H2,(H3-,29,30,31,32,33,34,35,36)/p+1/b13-8+/t21-/m0/s1. The molecule has 184 valence electrons. The van der Waals surface area contributed by atoms with Crippen LogP contribution in [0.1, 0.15) is 31.8 Å². The summed E-state index contributed by atoms with van der Waals surface area (Å²) in [5.41, 5.74) is 2.09. The van der Waals surface area contributed by atoms with Crippen LogP contribution in [0.2, 0.25) is 10.0 Å². The number of aliphatic carboxylic acids is 2. The molecule has 0 saturated carbocycles. The van der Waals surface area contributed by atoms with Gasteiger partial charge in [-0.1, -0.05) is 41.9 Å². The molecular formula is C26H21Cl2N2O6+. The highest BCUT2D eigenvalue weighted by Gasteiger charge is 2.22. The molecule has 0 bridgehead atoms. The summed E-state index contributed by atoms with van der Waals surface area (Å²) in [5.74, 6) is -3.35. The lowest BCUT2D eigenvalue weighted by Crippen LogP contribution is -2.42. The van der Waals surface area contributed by atoms with Crippen molar-refractivity contribution >= 4 is 47.1 Å². The summed E-state index contributed by atoms with van der Waals surface area (Å²) in [6.07, 6.45) is 2.36. The summed E-state index contributed by atoms with van der Waals surface area (Å²) in [5, 5.41) is 24.0. The van der Waals surface area contributed by atoms with Crippen LogP contribution in [-0.4, -0.2) is 40.0 Å². The number of amides is 2. The maximum Gasteiger partial charge on any atom is 0.328 e. The molecule has 4 N–H and O–H groups in total. The van der Waals surface area contributed by atoms with Gasteiger partial charge in [-0.05, 0) is 47.5 Å². The molecule has 0 unspecified atom stereocenters. The Morgan fingerprint density at radius 1 is 0.917 bits per heavy atom. The lowest BCUT2D eigenvalue weighted by atomic mass is 10.0. The van der Waals surface area contributed by atoms with E-state index in [0.717, 1.165) is 6.08 Å². The summed E-state index contributed by atoms with van der Waals surface area (Å²) in [6, 6.07) is 16.2. The zero-order valence-corrected chi connectivity index (χ0v) is 20.2. The second kappa shape index (κ2) is 12.0. The second-order valence-electron chi connectivity index (χ2n) is 7.63. The maximum atomic E-state index is 12.5. The second-order valence-corrected chi connectivity index (χ2v) is 8.47. The molecular weight excluding hydrogens is 507 g/mol. The van der Waals surface area contributed by atoms with Crippen LogP contribution >= 0.6 is 11.6 Å². The molecule has 0 aliphatic heterocycles. The minimum atomic E-state index is -1.21. The molecule has 3 aromatic rings. The fraction of sp³-hybridized carbons (Fsp3) is 0.0769. The van der Waals surface area contributed by atoms with Gasteiger partial charge < -0.3 is 20.8 Å². The number of rotatable bonds is 9. The summed E-state index contributed by atoms with van der Waals surface area (Å²) >= 11 is 11.2. The van der Waals surface area contributed by atoms with Gasteiger partial charge >= 0.3 is 11.9 Å². The topological polar surface area (TPSA) is 133 Å². The van der Waals surface area contributed by atoms with Gasteiger partial charge in [0, 0.05) is 29.8 Å². The highest BCUT2D eigenvalue weighted by molar-refractivity contribution is 6.34. The van der Waals surface area contributed by atoms with Crippen LogP contribution in [-0.2, 0) is 16.0 Å². The molecule has 3 rings (SSSR count). The van der Waals surface area contributed by atoms with E-state index in [9.17, 15) is 24.3 Å². The predicted octanol–water partition coefficient (Wildman–Crippen LogP) is 3.81. The molecule has 1 atom stereocenters. The molecule has 10 heteroatoms. The van der Waals surface area contributed by atoms with E-state index >= 15 is 0 Å². The van der Waals surface area contributed by atoms with E-state index in [4.69, 9.17) is 28.3 Å². The number of benzene rings is 3. The van der Waals surface area contributed by atoms with E-state index in [1.807, 2.05) is 0 Å². The van der Waals surface area contributed by atoms with Gasteiger partial charge in [0.2, 0.25) is 5.02 Å². The Morgan fingerprint density at radius 2 is 1.58 bits per heavy atom. The van der Waals surface area contributed by atoms with Gasteiger partial charge in [-0.15, -0.1) is 0 Å². The number of hydrogen-bond acceptors (Lipinski definition) is 4. The number of halogens is 2. The van der Waals surface area contributed by atoms with E-state index in [1.54, 1.807) is 54.6 Å². The van der Waals surface area contributed by atoms with Crippen LogP contribution in [0.25, 0.3) is 6.08 Å². The van der Waals surface area contributed by atoms with Crippen molar-refractivity contribution in [3.8, 4) is 0 Å². The van der Waals surface area contributed by atoms with Crippen LogP contribution in [0.15, 0.2) is 72.8 Å². The Morgan fingerprint density at radius 3 is 2.17 bits per heavy atom. The summed E-state index contributed by atoms with van der Waals surface area (Å²) in [6.45, 7) is 0. The molecule has 0 radical (unpaired) electrons. The Bertz CT molecular complexity index is 1300. The monoisotopic (exact) mass is 527 g/mol. The molecule has 0 fully saturated rings. The van der Waals surface area contributed by atoms with Gasteiger partial charge in [-0.2, -0.15) is 0 Å². The fourth-order valence-electron chi connectivity index (χ4n) is 3.23. The number of nitrogens with one attached hydrogen (secondary N) is 2. The molecule has 0 aliphatic carbocycles. The van der Waals surface area contributed by atoms with Crippen LogP contribution in [0.5, 0.6) is 0 Å². The first-order valence-corrected chi connectivity index (χ1v) is 11.3. The third-order valence-corrected chi connectivity index (χ3v) is 5.70. The van der Waals surface area contributed by atoms with Gasteiger partial charge in [-0.25, -0.2) is 9.59 Å². The Balaban J connectivity index is 1.64. The molecule has 2 amide bonds. The minimum Gasteiger partial charge on any atom is -0.480 e. The molecule has 0 aliphatic rings. The van der Waals surface area contributed by atoms with E-state index in [2.05, 4.69) is 10.6 Å². The van der Waals surface area contributed by atoms with E-state index in [1.165, 1.54) is 18.2 Å². The third-order valence-electron chi connectivity index (χ3n) is 5.05. The van der Waals surface area contributed by atoms with Crippen molar-refractivity contribution in [2.24, 2.45) is 0 Å². The SMILES string of the molecule is O=C(O)/C=C/c1ccc(C(=O)N[C@@H](Cc2ccc(NC(=O)c3c(Cl)cccc3[ClH+])cc2)C(=O)O)cc1. The summed E-state index contributed by atoms with van der Waals surface area (Å²) in [7, 11) is 0.